The van der Waals surface area contributed by atoms with E-state index < -0.39 is 28.5 Å². The molecule has 7 heteroatoms. The van der Waals surface area contributed by atoms with Crippen molar-refractivity contribution in [3.63, 3.8) is 0 Å². The second-order valence-corrected chi connectivity index (χ2v) is 9.51. The number of hydrogen-bond acceptors (Lipinski definition) is 5. The van der Waals surface area contributed by atoms with Gasteiger partial charge in [0.2, 0.25) is 5.91 Å². The van der Waals surface area contributed by atoms with E-state index in [0.29, 0.717) is 24.2 Å². The highest BCUT2D eigenvalue weighted by Gasteiger charge is 2.77. The number of hydrogen-bond donors (Lipinski definition) is 2. The van der Waals surface area contributed by atoms with Crippen molar-refractivity contribution in [1.29, 1.82) is 0 Å². The number of anilines is 2. The molecule has 7 nitrogen and oxygen atoms in total. The molecule has 0 aromatic heterocycles. The molecule has 0 aliphatic carbocycles. The summed E-state index contributed by atoms with van der Waals surface area (Å²) in [6.07, 6.45) is 1.49. The van der Waals surface area contributed by atoms with Gasteiger partial charge in [-0.1, -0.05) is 36.4 Å². The molecule has 4 unspecified atom stereocenters. The van der Waals surface area contributed by atoms with E-state index in [9.17, 15) is 19.5 Å². The number of carbonyl (C=O) groups is 3. The molecule has 0 radical (unpaired) electrons. The number of para-hydroxylation sites is 2. The zero-order valence-electron chi connectivity index (χ0n) is 18.1. The van der Waals surface area contributed by atoms with Gasteiger partial charge in [0.1, 0.15) is 11.3 Å². The zero-order chi connectivity index (χ0) is 22.5. The molecule has 2 saturated heterocycles. The van der Waals surface area contributed by atoms with Gasteiger partial charge >= 0.3 is 0 Å². The van der Waals surface area contributed by atoms with E-state index in [-0.39, 0.29) is 18.1 Å². The van der Waals surface area contributed by atoms with E-state index in [0.717, 1.165) is 17.7 Å². The summed E-state index contributed by atoms with van der Waals surface area (Å²) in [6, 6.07) is 14.2. The van der Waals surface area contributed by atoms with Crippen LogP contribution < -0.4 is 10.2 Å². The van der Waals surface area contributed by atoms with E-state index in [1.165, 1.54) is 11.8 Å². The van der Waals surface area contributed by atoms with Gasteiger partial charge in [-0.15, -0.1) is 0 Å². The summed E-state index contributed by atoms with van der Waals surface area (Å²) in [5, 5.41) is 15.4. The van der Waals surface area contributed by atoms with Gasteiger partial charge in [-0.25, -0.2) is 0 Å². The lowest BCUT2D eigenvalue weighted by molar-refractivity contribution is -0.166. The van der Waals surface area contributed by atoms with Crippen LogP contribution in [0.1, 0.15) is 37.3 Å². The fourth-order valence-electron chi connectivity index (χ4n) is 7.07. The number of carbonyl (C=O) groups excluding carboxylic acids is 3. The van der Waals surface area contributed by atoms with Crippen molar-refractivity contribution in [3.8, 4) is 0 Å². The number of ketones is 1. The van der Waals surface area contributed by atoms with E-state index in [1.54, 1.807) is 25.2 Å². The maximum absolute atomic E-state index is 13.7. The molecule has 1 spiro atoms. The number of fused-ring (bicyclic) bond motifs is 5. The lowest BCUT2D eigenvalue weighted by Gasteiger charge is -2.43. The summed E-state index contributed by atoms with van der Waals surface area (Å²) in [5.74, 6) is -0.960. The van der Waals surface area contributed by atoms with Crippen LogP contribution in [-0.4, -0.2) is 47.2 Å². The second kappa shape index (κ2) is 6.05. The average Bonchev–Trinajstić information content (AvgIpc) is 3.50. The minimum atomic E-state index is -2.04. The molecule has 4 heterocycles. The number of amides is 2. The largest absolute Gasteiger partial charge is 0.374 e. The Morgan fingerprint density at radius 1 is 1.09 bits per heavy atom. The molecule has 4 atom stereocenters. The molecule has 164 valence electrons. The molecule has 0 saturated carbocycles. The molecular weight excluding hydrogens is 406 g/mol. The Kier molecular flexibility index (Phi) is 3.72. The van der Waals surface area contributed by atoms with Crippen LogP contribution >= 0.6 is 0 Å². The van der Waals surface area contributed by atoms with Gasteiger partial charge in [0.25, 0.3) is 5.91 Å². The molecule has 32 heavy (non-hydrogen) atoms. The van der Waals surface area contributed by atoms with Crippen LogP contribution in [0.25, 0.3) is 0 Å². The van der Waals surface area contributed by atoms with Crippen molar-refractivity contribution in [1.82, 2.24) is 4.90 Å². The van der Waals surface area contributed by atoms with Gasteiger partial charge in [0.15, 0.2) is 5.60 Å². The van der Waals surface area contributed by atoms with Crippen LogP contribution in [0, 0.1) is 5.41 Å². The number of nitrogens with one attached hydrogen (secondary N) is 1. The summed E-state index contributed by atoms with van der Waals surface area (Å²) < 4.78 is 0. The predicted octanol–water partition coefficient (Wildman–Crippen LogP) is 2.14. The van der Waals surface area contributed by atoms with Crippen LogP contribution in [-0.2, 0) is 25.5 Å². The molecule has 0 bridgehead atoms. The highest BCUT2D eigenvalue weighted by atomic mass is 16.3. The highest BCUT2D eigenvalue weighted by Crippen LogP contribution is 2.66. The molecule has 4 aliphatic heterocycles. The molecule has 6 rings (SSSR count). The lowest BCUT2D eigenvalue weighted by Crippen LogP contribution is -2.60. The minimum Gasteiger partial charge on any atom is -0.374 e. The number of nitrogens with zero attached hydrogens (tertiary/aromatic N) is 2. The van der Waals surface area contributed by atoms with Crippen molar-refractivity contribution < 1.29 is 19.5 Å². The Balaban J connectivity index is 1.65. The van der Waals surface area contributed by atoms with Crippen LogP contribution in [0.15, 0.2) is 48.5 Å². The quantitative estimate of drug-likeness (QED) is 0.761. The molecule has 2 amide bonds. The Bertz CT molecular complexity index is 1210. The van der Waals surface area contributed by atoms with Gasteiger partial charge in [0, 0.05) is 29.9 Å². The summed E-state index contributed by atoms with van der Waals surface area (Å²) in [7, 11) is 1.63. The first kappa shape index (κ1) is 19.6. The monoisotopic (exact) mass is 431 g/mol. The first-order valence-electron chi connectivity index (χ1n) is 11.1. The first-order valence-corrected chi connectivity index (χ1v) is 11.1. The van der Waals surface area contributed by atoms with Crippen LogP contribution in [0.4, 0.5) is 11.4 Å². The molecule has 4 aliphatic rings. The van der Waals surface area contributed by atoms with Crippen molar-refractivity contribution in [2.75, 3.05) is 23.8 Å². The number of likely N-dealkylation sites (N-methyl/N-ethyl adjacent to an activating group) is 1. The van der Waals surface area contributed by atoms with Gasteiger partial charge in [0.05, 0.1) is 11.1 Å². The Hall–Kier alpha value is -3.03. The summed E-state index contributed by atoms with van der Waals surface area (Å²) in [4.78, 5) is 44.4. The number of aliphatic hydroxyl groups is 1. The minimum absolute atomic E-state index is 0.0628. The third-order valence-electron chi connectivity index (χ3n) is 8.39. The van der Waals surface area contributed by atoms with E-state index in [4.69, 9.17) is 0 Å². The number of benzene rings is 2. The fourth-order valence-corrected chi connectivity index (χ4v) is 7.07. The highest BCUT2D eigenvalue weighted by molar-refractivity contribution is 6.12. The third kappa shape index (κ3) is 1.90. The molecule has 2 fully saturated rings. The maximum Gasteiger partial charge on any atom is 0.264 e. The lowest BCUT2D eigenvalue weighted by atomic mass is 9.59. The predicted molar refractivity (Wildman–Crippen MR) is 118 cm³/mol. The third-order valence-corrected chi connectivity index (χ3v) is 8.39. The standard InChI is InChI=1S/C25H25N3O4/c1-15(29)23(25(32)17-9-4-6-11-19(17)27(2)22(25)31)14-24(28-13-7-12-20(23)28)16-8-3-5-10-18(16)26-21(24)30/h3-6,8-11,20,32H,7,12-14H2,1-2H3,(H,26,30). The second-order valence-electron chi connectivity index (χ2n) is 9.51. The molecule has 2 aromatic rings. The Morgan fingerprint density at radius 3 is 2.53 bits per heavy atom. The summed E-state index contributed by atoms with van der Waals surface area (Å²) >= 11 is 0. The molecular formula is C25H25N3O4. The normalized spacial score (nSPS) is 35.2. The van der Waals surface area contributed by atoms with Gasteiger partial charge in [-0.05, 0) is 44.9 Å². The summed E-state index contributed by atoms with van der Waals surface area (Å²) in [6.45, 7) is 2.09. The summed E-state index contributed by atoms with van der Waals surface area (Å²) in [5.41, 5.74) is -1.99. The van der Waals surface area contributed by atoms with Crippen molar-refractivity contribution in [2.24, 2.45) is 5.41 Å². The molecule has 2 N–H and O–H groups in total. The smallest absolute Gasteiger partial charge is 0.264 e. The van der Waals surface area contributed by atoms with Gasteiger partial charge in [-0.3, -0.25) is 19.3 Å². The van der Waals surface area contributed by atoms with Crippen molar-refractivity contribution in [3.05, 3.63) is 59.7 Å². The van der Waals surface area contributed by atoms with Crippen molar-refractivity contribution in [2.45, 2.75) is 43.4 Å². The average molecular weight is 431 g/mol. The first-order chi connectivity index (χ1) is 15.3. The van der Waals surface area contributed by atoms with E-state index >= 15 is 0 Å². The van der Waals surface area contributed by atoms with E-state index in [2.05, 4.69) is 10.2 Å². The van der Waals surface area contributed by atoms with Gasteiger partial charge < -0.3 is 15.3 Å². The maximum atomic E-state index is 13.7. The topological polar surface area (TPSA) is 90.0 Å². The Morgan fingerprint density at radius 2 is 1.78 bits per heavy atom. The Labute approximate surface area is 186 Å². The van der Waals surface area contributed by atoms with Crippen molar-refractivity contribution >= 4 is 29.0 Å². The molecule has 2 aromatic carbocycles. The fraction of sp³-hybridized carbons (Fsp3) is 0.400. The SMILES string of the molecule is CC(=O)C1(C2(O)C(=O)N(C)c3ccccc32)CC2(C(=O)Nc3ccccc32)N2CCCC21. The van der Waals surface area contributed by atoms with Crippen LogP contribution in [0.5, 0.6) is 0 Å². The number of Topliss-reactive ketones (excluding diaryl/α,β-unsaturated/α-hetero) is 1. The number of rotatable bonds is 2. The van der Waals surface area contributed by atoms with E-state index in [1.807, 2.05) is 30.3 Å². The van der Waals surface area contributed by atoms with Gasteiger partial charge in [-0.2, -0.15) is 0 Å². The van der Waals surface area contributed by atoms with Crippen LogP contribution in [0.3, 0.4) is 0 Å². The zero-order valence-corrected chi connectivity index (χ0v) is 18.1. The van der Waals surface area contributed by atoms with Crippen LogP contribution in [0.2, 0.25) is 0 Å².